The third-order valence-electron chi connectivity index (χ3n) is 4.28. The average Bonchev–Trinajstić information content (AvgIpc) is 1.84. The van der Waals surface area contributed by atoms with Crippen LogP contribution in [0, 0.1) is 16.2 Å². The summed E-state index contributed by atoms with van der Waals surface area (Å²) in [5, 5.41) is 0. The van der Waals surface area contributed by atoms with E-state index in [0.717, 1.165) is 0 Å². The van der Waals surface area contributed by atoms with Gasteiger partial charge in [0.1, 0.15) is 7.28 Å². The van der Waals surface area contributed by atoms with E-state index in [4.69, 9.17) is 0 Å². The monoisotopic (exact) mass is 181 g/mol. The van der Waals surface area contributed by atoms with Crippen LogP contribution < -0.4 is 0 Å². The molecule has 0 aromatic carbocycles. The van der Waals surface area contributed by atoms with Crippen molar-refractivity contribution < 1.29 is 0 Å². The van der Waals surface area contributed by atoms with Crippen LogP contribution in [0.15, 0.2) is 0 Å². The van der Waals surface area contributed by atoms with Gasteiger partial charge < -0.3 is 0 Å². The Kier molecular flexibility index (Phi) is 3.69. The molecule has 0 aliphatic carbocycles. The van der Waals surface area contributed by atoms with Crippen LogP contribution in [0.5, 0.6) is 0 Å². The first kappa shape index (κ1) is 13.1. The lowest BCUT2D eigenvalue weighted by atomic mass is 9.49. The summed E-state index contributed by atoms with van der Waals surface area (Å²) in [5.41, 5.74) is 1.09. The molecule has 0 amide bonds. The SMILES string of the molecule is C[B]CC(C)(C)C(C)(C)C(C)(C)C. The zero-order valence-electron chi connectivity index (χ0n) is 10.8. The van der Waals surface area contributed by atoms with Crippen molar-refractivity contribution in [1.29, 1.82) is 0 Å². The summed E-state index contributed by atoms with van der Waals surface area (Å²) >= 11 is 0. The zero-order valence-corrected chi connectivity index (χ0v) is 10.8. The Hall–Kier alpha value is 0.0649. The van der Waals surface area contributed by atoms with Crippen molar-refractivity contribution in [3.63, 3.8) is 0 Å². The van der Waals surface area contributed by atoms with Crippen LogP contribution >= 0.6 is 0 Å². The largest absolute Gasteiger partial charge is 0.106 e. The first-order valence-corrected chi connectivity index (χ1v) is 5.34. The van der Waals surface area contributed by atoms with E-state index < -0.39 is 0 Å². The van der Waals surface area contributed by atoms with Crippen molar-refractivity contribution in [3.8, 4) is 0 Å². The van der Waals surface area contributed by atoms with Gasteiger partial charge in [-0.25, -0.2) is 0 Å². The highest BCUT2D eigenvalue weighted by Gasteiger charge is 2.44. The summed E-state index contributed by atoms with van der Waals surface area (Å²) in [4.78, 5) is 0. The molecule has 0 aromatic rings. The van der Waals surface area contributed by atoms with E-state index in [1.165, 1.54) is 6.32 Å². The fourth-order valence-electron chi connectivity index (χ4n) is 1.78. The molecule has 0 heterocycles. The van der Waals surface area contributed by atoms with E-state index in [0.29, 0.717) is 16.2 Å². The number of hydrogen-bond acceptors (Lipinski definition) is 0. The molecule has 77 valence electrons. The second-order valence-electron chi connectivity index (χ2n) is 6.37. The molecule has 0 unspecified atom stereocenters. The van der Waals surface area contributed by atoms with Crippen LogP contribution in [0.4, 0.5) is 0 Å². The van der Waals surface area contributed by atoms with E-state index >= 15 is 0 Å². The van der Waals surface area contributed by atoms with Gasteiger partial charge in [-0.2, -0.15) is 0 Å². The van der Waals surface area contributed by atoms with E-state index in [9.17, 15) is 0 Å². The van der Waals surface area contributed by atoms with Gasteiger partial charge in [0.05, 0.1) is 0 Å². The summed E-state index contributed by atoms with van der Waals surface area (Å²) in [6, 6.07) is 0. The molecule has 0 aliphatic heterocycles. The van der Waals surface area contributed by atoms with Crippen molar-refractivity contribution in [2.75, 3.05) is 0 Å². The van der Waals surface area contributed by atoms with E-state index in [1.807, 2.05) is 0 Å². The average molecular weight is 181 g/mol. The minimum atomic E-state index is 0.354. The molecule has 0 spiro atoms. The second kappa shape index (κ2) is 3.67. The molecule has 0 saturated carbocycles. The van der Waals surface area contributed by atoms with Crippen molar-refractivity contribution in [2.24, 2.45) is 16.2 Å². The number of hydrogen-bond donors (Lipinski definition) is 0. The first-order valence-electron chi connectivity index (χ1n) is 5.34. The molecule has 0 rings (SSSR count). The highest BCUT2D eigenvalue weighted by atomic mass is 14.5. The van der Waals surface area contributed by atoms with Crippen LogP contribution in [0.1, 0.15) is 48.5 Å². The van der Waals surface area contributed by atoms with Gasteiger partial charge in [-0.1, -0.05) is 61.6 Å². The maximum atomic E-state index is 2.39. The highest BCUT2D eigenvalue weighted by Crippen LogP contribution is 2.52. The summed E-state index contributed by atoms with van der Waals surface area (Å²) < 4.78 is 0. The molecule has 0 bridgehead atoms. The summed E-state index contributed by atoms with van der Waals surface area (Å²) in [5.74, 6) is 0. The Morgan fingerprint density at radius 3 is 1.46 bits per heavy atom. The summed E-state index contributed by atoms with van der Waals surface area (Å²) in [7, 11) is 2.29. The lowest BCUT2D eigenvalue weighted by molar-refractivity contribution is 0.00588. The topological polar surface area (TPSA) is 0 Å². The first-order chi connectivity index (χ1) is 5.56. The Balaban J connectivity index is 4.81. The minimum Gasteiger partial charge on any atom is -0.0920 e. The quantitative estimate of drug-likeness (QED) is 0.571. The smallest absolute Gasteiger partial charge is 0.0920 e. The standard InChI is InChI=1S/C12H26B/c1-10(2,3)12(6,7)11(4,5)9-13-8/h9H2,1-8H3. The molecule has 0 N–H and O–H groups in total. The van der Waals surface area contributed by atoms with Gasteiger partial charge in [0, 0.05) is 0 Å². The number of rotatable bonds is 3. The maximum Gasteiger partial charge on any atom is 0.106 e. The van der Waals surface area contributed by atoms with Crippen molar-refractivity contribution in [3.05, 3.63) is 0 Å². The normalized spacial score (nSPS) is 14.5. The van der Waals surface area contributed by atoms with Gasteiger partial charge in [-0.05, 0) is 16.2 Å². The van der Waals surface area contributed by atoms with Crippen LogP contribution in [0.2, 0.25) is 13.1 Å². The fourth-order valence-corrected chi connectivity index (χ4v) is 1.78. The summed E-state index contributed by atoms with van der Waals surface area (Å²) in [6.07, 6.45) is 1.19. The summed E-state index contributed by atoms with van der Waals surface area (Å²) in [6.45, 7) is 18.7. The predicted octanol–water partition coefficient (Wildman–Crippen LogP) is 4.26. The molecule has 13 heavy (non-hydrogen) atoms. The Labute approximate surface area is 85.7 Å². The van der Waals surface area contributed by atoms with Crippen molar-refractivity contribution >= 4 is 7.28 Å². The van der Waals surface area contributed by atoms with E-state index in [1.54, 1.807) is 0 Å². The van der Waals surface area contributed by atoms with Crippen LogP contribution in [0.3, 0.4) is 0 Å². The van der Waals surface area contributed by atoms with Gasteiger partial charge in [-0.15, -0.1) is 0 Å². The Morgan fingerprint density at radius 2 is 1.23 bits per heavy atom. The van der Waals surface area contributed by atoms with Gasteiger partial charge in [0.25, 0.3) is 0 Å². The second-order valence-corrected chi connectivity index (χ2v) is 6.37. The van der Waals surface area contributed by atoms with Crippen LogP contribution in [0.25, 0.3) is 0 Å². The molecule has 1 radical (unpaired) electrons. The molecule has 0 aliphatic rings. The molecular formula is C12H26B. The zero-order chi connectivity index (χ0) is 10.9. The fraction of sp³-hybridized carbons (Fsp3) is 1.00. The van der Waals surface area contributed by atoms with E-state index in [2.05, 4.69) is 62.6 Å². The predicted molar refractivity (Wildman–Crippen MR) is 63.4 cm³/mol. The lowest BCUT2D eigenvalue weighted by Crippen LogP contribution is -2.43. The maximum absolute atomic E-state index is 2.39. The van der Waals surface area contributed by atoms with Crippen LogP contribution in [-0.4, -0.2) is 7.28 Å². The molecule has 0 atom stereocenters. The van der Waals surface area contributed by atoms with Crippen LogP contribution in [-0.2, 0) is 0 Å². The van der Waals surface area contributed by atoms with Crippen molar-refractivity contribution in [1.82, 2.24) is 0 Å². The van der Waals surface area contributed by atoms with Crippen molar-refractivity contribution in [2.45, 2.75) is 61.6 Å². The third-order valence-corrected chi connectivity index (χ3v) is 4.28. The van der Waals surface area contributed by atoms with E-state index in [-0.39, 0.29) is 0 Å². The molecule has 0 aromatic heterocycles. The van der Waals surface area contributed by atoms with Gasteiger partial charge in [-0.3, -0.25) is 0 Å². The molecular weight excluding hydrogens is 155 g/mol. The molecule has 1 heteroatoms. The van der Waals surface area contributed by atoms with Gasteiger partial charge in [0.15, 0.2) is 0 Å². The molecule has 0 fully saturated rings. The molecule has 0 saturated heterocycles. The molecule has 0 nitrogen and oxygen atoms in total. The lowest BCUT2D eigenvalue weighted by Gasteiger charge is -2.51. The minimum absolute atomic E-state index is 0.354. The Bertz CT molecular complexity index is 160. The van der Waals surface area contributed by atoms with Gasteiger partial charge >= 0.3 is 0 Å². The Morgan fingerprint density at radius 1 is 0.846 bits per heavy atom. The van der Waals surface area contributed by atoms with Gasteiger partial charge in [0.2, 0.25) is 0 Å². The third kappa shape index (κ3) is 2.51. The highest BCUT2D eigenvalue weighted by molar-refractivity contribution is 6.33.